The van der Waals surface area contributed by atoms with E-state index in [0.717, 1.165) is 58.9 Å². The van der Waals surface area contributed by atoms with Gasteiger partial charge in [-0.05, 0) is 17.5 Å². The summed E-state index contributed by atoms with van der Waals surface area (Å²) < 4.78 is 0. The minimum absolute atomic E-state index is 0.148. The van der Waals surface area contributed by atoms with Gasteiger partial charge in [0, 0.05) is 43.7 Å². The second-order valence-corrected chi connectivity index (χ2v) is 8.38. The molecule has 1 fully saturated rings. The van der Waals surface area contributed by atoms with E-state index in [1.165, 1.54) is 11.3 Å². The summed E-state index contributed by atoms with van der Waals surface area (Å²) in [6.07, 6.45) is 0. The van der Waals surface area contributed by atoms with Gasteiger partial charge >= 0.3 is 0 Å². The number of thiazole rings is 1. The third-order valence-electron chi connectivity index (χ3n) is 4.43. The maximum atomic E-state index is 12.4. The van der Waals surface area contributed by atoms with Crippen LogP contribution in [-0.4, -0.2) is 46.9 Å². The van der Waals surface area contributed by atoms with Crippen LogP contribution in [0, 0.1) is 0 Å². The first-order chi connectivity index (χ1) is 12.7. The first kappa shape index (κ1) is 17.7. The Kier molecular flexibility index (Phi) is 5.36. The molecule has 0 aliphatic carbocycles. The second-order valence-electron chi connectivity index (χ2n) is 6.17. The van der Waals surface area contributed by atoms with Crippen molar-refractivity contribution in [3.8, 4) is 10.6 Å². The Morgan fingerprint density at radius 3 is 2.62 bits per heavy atom. The van der Waals surface area contributed by atoms with Crippen LogP contribution in [0.1, 0.15) is 15.4 Å². The zero-order valence-corrected chi connectivity index (χ0v) is 16.5. The van der Waals surface area contributed by atoms with Crippen molar-refractivity contribution in [1.82, 2.24) is 14.8 Å². The van der Waals surface area contributed by atoms with Crippen LogP contribution in [0.25, 0.3) is 10.6 Å². The molecule has 0 spiro atoms. The molecule has 1 amide bonds. The fraction of sp³-hybridized carbons (Fsp3) is 0.263. The number of aromatic nitrogens is 1. The lowest BCUT2D eigenvalue weighted by Crippen LogP contribution is -2.48. The van der Waals surface area contributed by atoms with Gasteiger partial charge in [0.15, 0.2) is 0 Å². The predicted octanol–water partition coefficient (Wildman–Crippen LogP) is 4.48. The van der Waals surface area contributed by atoms with Crippen molar-refractivity contribution in [2.75, 3.05) is 26.2 Å². The molecule has 7 heteroatoms. The lowest BCUT2D eigenvalue weighted by atomic mass is 10.2. The monoisotopic (exact) mass is 403 g/mol. The van der Waals surface area contributed by atoms with E-state index in [1.807, 2.05) is 46.7 Å². The number of halogens is 1. The molecule has 0 unspecified atom stereocenters. The van der Waals surface area contributed by atoms with Crippen molar-refractivity contribution >= 4 is 40.2 Å². The van der Waals surface area contributed by atoms with Gasteiger partial charge in [0.2, 0.25) is 0 Å². The topological polar surface area (TPSA) is 36.4 Å². The first-order valence-corrected chi connectivity index (χ1v) is 10.6. The highest BCUT2D eigenvalue weighted by atomic mass is 35.5. The Morgan fingerprint density at radius 2 is 1.88 bits per heavy atom. The summed E-state index contributed by atoms with van der Waals surface area (Å²) in [5, 5.41) is 5.73. The molecule has 4 nitrogen and oxygen atoms in total. The number of benzene rings is 1. The van der Waals surface area contributed by atoms with Crippen molar-refractivity contribution in [1.29, 1.82) is 0 Å². The third-order valence-corrected chi connectivity index (χ3v) is 6.54. The van der Waals surface area contributed by atoms with E-state index < -0.39 is 0 Å². The summed E-state index contributed by atoms with van der Waals surface area (Å²) in [7, 11) is 0. The highest BCUT2D eigenvalue weighted by Crippen LogP contribution is 2.30. The zero-order chi connectivity index (χ0) is 17.9. The normalized spacial score (nSPS) is 15.3. The Morgan fingerprint density at radius 1 is 1.08 bits per heavy atom. The van der Waals surface area contributed by atoms with Crippen molar-refractivity contribution < 1.29 is 4.79 Å². The molecule has 26 heavy (non-hydrogen) atoms. The van der Waals surface area contributed by atoms with Gasteiger partial charge in [-0.1, -0.05) is 35.9 Å². The molecular formula is C19H18ClN3OS2. The maximum Gasteiger partial charge on any atom is 0.264 e. The minimum Gasteiger partial charge on any atom is -0.335 e. The maximum absolute atomic E-state index is 12.4. The fourth-order valence-corrected chi connectivity index (χ4v) is 4.85. The number of rotatable bonds is 4. The summed E-state index contributed by atoms with van der Waals surface area (Å²) in [5.74, 6) is 0.148. The number of amides is 1. The molecule has 3 heterocycles. The number of hydrogen-bond donors (Lipinski definition) is 0. The highest BCUT2D eigenvalue weighted by Gasteiger charge is 2.23. The molecule has 1 aromatic carbocycles. The SMILES string of the molecule is O=C(c1cccs1)N1CCN(Cc2csc(-c3ccccc3Cl)n2)CC1. The summed E-state index contributed by atoms with van der Waals surface area (Å²) in [6, 6.07) is 11.6. The molecule has 3 aromatic rings. The Balaban J connectivity index is 1.35. The average Bonchev–Trinajstić information content (AvgIpc) is 3.34. The minimum atomic E-state index is 0.148. The molecule has 0 N–H and O–H groups in total. The van der Waals surface area contributed by atoms with Crippen LogP contribution in [0.5, 0.6) is 0 Å². The van der Waals surface area contributed by atoms with E-state index in [9.17, 15) is 4.79 Å². The summed E-state index contributed by atoms with van der Waals surface area (Å²) in [4.78, 5) is 22.3. The number of thiophene rings is 1. The average molecular weight is 404 g/mol. The molecule has 0 saturated carbocycles. The largest absolute Gasteiger partial charge is 0.335 e. The lowest BCUT2D eigenvalue weighted by Gasteiger charge is -2.34. The van der Waals surface area contributed by atoms with Crippen LogP contribution in [0.15, 0.2) is 47.2 Å². The van der Waals surface area contributed by atoms with Gasteiger partial charge in [-0.2, -0.15) is 0 Å². The molecular weight excluding hydrogens is 386 g/mol. The molecule has 1 aliphatic heterocycles. The second kappa shape index (κ2) is 7.88. The van der Waals surface area contributed by atoms with Gasteiger partial charge in [0.1, 0.15) is 5.01 Å². The fourth-order valence-electron chi connectivity index (χ4n) is 3.03. The van der Waals surface area contributed by atoms with E-state index >= 15 is 0 Å². The van der Waals surface area contributed by atoms with Crippen LogP contribution < -0.4 is 0 Å². The smallest absolute Gasteiger partial charge is 0.264 e. The van der Waals surface area contributed by atoms with Crippen molar-refractivity contribution in [2.24, 2.45) is 0 Å². The molecule has 4 rings (SSSR count). The first-order valence-electron chi connectivity index (χ1n) is 8.45. The molecule has 0 radical (unpaired) electrons. The van der Waals surface area contributed by atoms with Crippen LogP contribution in [0.3, 0.4) is 0 Å². The standard InChI is InChI=1S/C19H18ClN3OS2/c20-16-5-2-1-4-15(16)18-21-14(13-26-18)12-22-7-9-23(10-8-22)19(24)17-6-3-11-25-17/h1-6,11,13H,7-10,12H2. The zero-order valence-electron chi connectivity index (χ0n) is 14.1. The van der Waals surface area contributed by atoms with E-state index in [-0.39, 0.29) is 5.91 Å². The number of nitrogens with zero attached hydrogens (tertiary/aromatic N) is 3. The van der Waals surface area contributed by atoms with Gasteiger partial charge in [0.25, 0.3) is 5.91 Å². The molecule has 1 saturated heterocycles. The van der Waals surface area contributed by atoms with Crippen LogP contribution in [0.4, 0.5) is 0 Å². The Hall–Kier alpha value is -1.73. The van der Waals surface area contributed by atoms with Crippen LogP contribution in [-0.2, 0) is 6.54 Å². The molecule has 0 atom stereocenters. The number of carbonyl (C=O) groups excluding carboxylic acids is 1. The van der Waals surface area contributed by atoms with Crippen LogP contribution in [0.2, 0.25) is 5.02 Å². The number of piperazine rings is 1. The van der Waals surface area contributed by atoms with Gasteiger partial charge < -0.3 is 4.90 Å². The quantitative estimate of drug-likeness (QED) is 0.644. The molecule has 134 valence electrons. The van der Waals surface area contributed by atoms with E-state index in [4.69, 9.17) is 16.6 Å². The molecule has 1 aliphatic rings. The predicted molar refractivity (Wildman–Crippen MR) is 108 cm³/mol. The van der Waals surface area contributed by atoms with Gasteiger partial charge in [0.05, 0.1) is 15.6 Å². The van der Waals surface area contributed by atoms with E-state index in [2.05, 4.69) is 10.3 Å². The Bertz CT molecular complexity index is 886. The van der Waals surface area contributed by atoms with E-state index in [0.29, 0.717) is 0 Å². The summed E-state index contributed by atoms with van der Waals surface area (Å²) in [6.45, 7) is 4.07. The number of hydrogen-bond acceptors (Lipinski definition) is 5. The van der Waals surface area contributed by atoms with Crippen molar-refractivity contribution in [3.63, 3.8) is 0 Å². The van der Waals surface area contributed by atoms with Gasteiger partial charge in [-0.3, -0.25) is 9.69 Å². The summed E-state index contributed by atoms with van der Waals surface area (Å²) >= 11 is 9.40. The van der Waals surface area contributed by atoms with E-state index in [1.54, 1.807) is 11.3 Å². The number of carbonyl (C=O) groups is 1. The van der Waals surface area contributed by atoms with Crippen molar-refractivity contribution in [3.05, 3.63) is 62.8 Å². The molecule has 2 aromatic heterocycles. The summed E-state index contributed by atoms with van der Waals surface area (Å²) in [5.41, 5.74) is 2.04. The van der Waals surface area contributed by atoms with Gasteiger partial charge in [-0.25, -0.2) is 4.98 Å². The van der Waals surface area contributed by atoms with Crippen molar-refractivity contribution in [2.45, 2.75) is 6.54 Å². The lowest BCUT2D eigenvalue weighted by molar-refractivity contribution is 0.0632. The Labute approximate surface area is 165 Å². The van der Waals surface area contributed by atoms with Crippen LogP contribution >= 0.6 is 34.3 Å². The highest BCUT2D eigenvalue weighted by molar-refractivity contribution is 7.13. The molecule has 0 bridgehead atoms. The third kappa shape index (κ3) is 3.83. The van der Waals surface area contributed by atoms with Gasteiger partial charge in [-0.15, -0.1) is 22.7 Å².